The molecule has 0 amide bonds. The standard InChI is InChI=1S/C13H7BrClNOS/c14-12-5-8(7-18-12)13(17)10(6-16)9-3-1-2-4-11(9)15/h1-5,7,10H. The van der Waals surface area contributed by atoms with E-state index in [0.29, 0.717) is 16.1 Å². The number of ketones is 1. The van der Waals surface area contributed by atoms with Gasteiger partial charge in [0.15, 0.2) is 5.78 Å². The molecule has 1 atom stereocenters. The first-order valence-electron chi connectivity index (χ1n) is 5.05. The minimum Gasteiger partial charge on any atom is -0.292 e. The smallest absolute Gasteiger partial charge is 0.185 e. The molecule has 1 unspecified atom stereocenters. The van der Waals surface area contributed by atoms with E-state index in [1.54, 1.807) is 35.7 Å². The van der Waals surface area contributed by atoms with Gasteiger partial charge < -0.3 is 0 Å². The van der Waals surface area contributed by atoms with Gasteiger partial charge in [0, 0.05) is 16.0 Å². The Balaban J connectivity index is 2.39. The molecule has 0 fully saturated rings. The molecule has 0 radical (unpaired) electrons. The lowest BCUT2D eigenvalue weighted by Gasteiger charge is -2.09. The number of hydrogen-bond donors (Lipinski definition) is 0. The zero-order chi connectivity index (χ0) is 13.1. The molecule has 0 aliphatic rings. The van der Waals surface area contributed by atoms with Crippen LogP contribution in [-0.4, -0.2) is 5.78 Å². The molecule has 18 heavy (non-hydrogen) atoms. The number of hydrogen-bond acceptors (Lipinski definition) is 3. The number of nitriles is 1. The average molecular weight is 341 g/mol. The summed E-state index contributed by atoms with van der Waals surface area (Å²) in [5.74, 6) is -1.09. The average Bonchev–Trinajstić information content (AvgIpc) is 2.79. The van der Waals surface area contributed by atoms with E-state index in [4.69, 9.17) is 11.6 Å². The van der Waals surface area contributed by atoms with Gasteiger partial charge in [0.05, 0.1) is 9.86 Å². The number of rotatable bonds is 3. The Morgan fingerprint density at radius 3 is 2.72 bits per heavy atom. The first-order chi connectivity index (χ1) is 8.63. The molecule has 0 saturated heterocycles. The van der Waals surface area contributed by atoms with E-state index >= 15 is 0 Å². The van der Waals surface area contributed by atoms with Crippen LogP contribution in [0, 0.1) is 11.3 Å². The second kappa shape index (κ2) is 5.66. The Kier molecular flexibility index (Phi) is 4.18. The maximum Gasteiger partial charge on any atom is 0.185 e. The fourth-order valence-corrected chi connectivity index (χ4v) is 2.98. The fraction of sp³-hybridized carbons (Fsp3) is 0.0769. The van der Waals surface area contributed by atoms with Crippen molar-refractivity contribution in [2.24, 2.45) is 0 Å². The maximum absolute atomic E-state index is 12.2. The molecular formula is C13H7BrClNOS. The molecule has 0 aliphatic heterocycles. The zero-order valence-corrected chi connectivity index (χ0v) is 12.2. The molecule has 2 aromatic rings. The largest absolute Gasteiger partial charge is 0.292 e. The lowest BCUT2D eigenvalue weighted by atomic mass is 9.93. The van der Waals surface area contributed by atoms with Gasteiger partial charge in [-0.05, 0) is 33.6 Å². The van der Waals surface area contributed by atoms with Gasteiger partial charge in [0.25, 0.3) is 0 Å². The van der Waals surface area contributed by atoms with Crippen LogP contribution in [0.3, 0.4) is 0 Å². The normalized spacial score (nSPS) is 11.8. The van der Waals surface area contributed by atoms with Gasteiger partial charge in [-0.15, -0.1) is 11.3 Å². The zero-order valence-electron chi connectivity index (χ0n) is 9.06. The van der Waals surface area contributed by atoms with Gasteiger partial charge in [-0.3, -0.25) is 4.79 Å². The SMILES string of the molecule is N#CC(C(=O)c1csc(Br)c1)c1ccccc1Cl. The third kappa shape index (κ3) is 2.64. The number of thiophene rings is 1. The predicted molar refractivity (Wildman–Crippen MR) is 76.2 cm³/mol. The highest BCUT2D eigenvalue weighted by atomic mass is 79.9. The van der Waals surface area contributed by atoms with Crippen LogP contribution in [0.2, 0.25) is 5.02 Å². The van der Waals surface area contributed by atoms with Gasteiger partial charge >= 0.3 is 0 Å². The first-order valence-corrected chi connectivity index (χ1v) is 7.11. The Morgan fingerprint density at radius 2 is 2.17 bits per heavy atom. The van der Waals surface area contributed by atoms with Gasteiger partial charge in [0.2, 0.25) is 0 Å². The van der Waals surface area contributed by atoms with Crippen molar-refractivity contribution in [2.45, 2.75) is 5.92 Å². The van der Waals surface area contributed by atoms with E-state index in [1.165, 1.54) is 11.3 Å². The van der Waals surface area contributed by atoms with E-state index < -0.39 is 5.92 Å². The second-order valence-electron chi connectivity index (χ2n) is 3.59. The van der Waals surface area contributed by atoms with Crippen molar-refractivity contribution < 1.29 is 4.79 Å². The summed E-state index contributed by atoms with van der Waals surface area (Å²) in [5, 5.41) is 11.4. The summed E-state index contributed by atoms with van der Waals surface area (Å²) in [6, 6.07) is 10.7. The third-order valence-corrected chi connectivity index (χ3v) is 4.31. The van der Waals surface area contributed by atoms with Crippen molar-refractivity contribution >= 4 is 44.7 Å². The van der Waals surface area contributed by atoms with Crippen LogP contribution in [0.1, 0.15) is 21.8 Å². The number of carbonyl (C=O) groups excluding carboxylic acids is 1. The predicted octanol–water partition coefficient (Wildman–Crippen LogP) is 4.65. The van der Waals surface area contributed by atoms with Crippen LogP contribution >= 0.6 is 38.9 Å². The summed E-state index contributed by atoms with van der Waals surface area (Å²) >= 11 is 10.7. The molecule has 90 valence electrons. The second-order valence-corrected chi connectivity index (χ2v) is 6.29. The lowest BCUT2D eigenvalue weighted by molar-refractivity contribution is 0.0979. The Labute approximate surface area is 122 Å². The lowest BCUT2D eigenvalue weighted by Crippen LogP contribution is -2.10. The molecule has 0 spiro atoms. The van der Waals surface area contributed by atoms with E-state index in [0.717, 1.165) is 3.79 Å². The van der Waals surface area contributed by atoms with Gasteiger partial charge in [-0.1, -0.05) is 29.8 Å². The van der Waals surface area contributed by atoms with Crippen molar-refractivity contribution in [1.29, 1.82) is 5.26 Å². The molecule has 0 aliphatic carbocycles. The van der Waals surface area contributed by atoms with E-state index in [1.807, 2.05) is 6.07 Å². The number of carbonyl (C=O) groups is 1. The maximum atomic E-state index is 12.2. The highest BCUT2D eigenvalue weighted by Gasteiger charge is 2.24. The van der Waals surface area contributed by atoms with Crippen LogP contribution in [-0.2, 0) is 0 Å². The Morgan fingerprint density at radius 1 is 1.44 bits per heavy atom. The Hall–Kier alpha value is -1.15. The van der Waals surface area contributed by atoms with Crippen LogP contribution in [0.15, 0.2) is 39.5 Å². The quantitative estimate of drug-likeness (QED) is 0.763. The van der Waals surface area contributed by atoms with Gasteiger partial charge in [-0.25, -0.2) is 0 Å². The van der Waals surface area contributed by atoms with Gasteiger partial charge in [-0.2, -0.15) is 5.26 Å². The van der Waals surface area contributed by atoms with Crippen LogP contribution in [0.4, 0.5) is 0 Å². The highest BCUT2D eigenvalue weighted by Crippen LogP contribution is 2.29. The van der Waals surface area contributed by atoms with Crippen LogP contribution < -0.4 is 0 Å². The highest BCUT2D eigenvalue weighted by molar-refractivity contribution is 9.11. The molecular weight excluding hydrogens is 334 g/mol. The van der Waals surface area contributed by atoms with Crippen molar-refractivity contribution in [3.05, 3.63) is 55.6 Å². The summed E-state index contributed by atoms with van der Waals surface area (Å²) in [6.07, 6.45) is 0. The van der Waals surface area contributed by atoms with Crippen molar-refractivity contribution in [3.63, 3.8) is 0 Å². The number of Topliss-reactive ketones (excluding diaryl/α,β-unsaturated/α-hetero) is 1. The summed E-state index contributed by atoms with van der Waals surface area (Å²) in [5.41, 5.74) is 1.08. The van der Waals surface area contributed by atoms with E-state index in [2.05, 4.69) is 15.9 Å². The van der Waals surface area contributed by atoms with Crippen molar-refractivity contribution in [3.8, 4) is 6.07 Å². The molecule has 2 rings (SSSR count). The molecule has 0 bridgehead atoms. The molecule has 0 saturated carbocycles. The topological polar surface area (TPSA) is 40.9 Å². The van der Waals surface area contributed by atoms with Gasteiger partial charge in [0.1, 0.15) is 5.92 Å². The van der Waals surface area contributed by atoms with Crippen LogP contribution in [0.25, 0.3) is 0 Å². The van der Waals surface area contributed by atoms with Crippen molar-refractivity contribution in [1.82, 2.24) is 0 Å². The van der Waals surface area contributed by atoms with E-state index in [9.17, 15) is 10.1 Å². The minimum atomic E-state index is -0.861. The van der Waals surface area contributed by atoms with E-state index in [-0.39, 0.29) is 5.78 Å². The number of nitrogens with zero attached hydrogens (tertiary/aromatic N) is 1. The number of benzene rings is 1. The molecule has 5 heteroatoms. The number of halogens is 2. The molecule has 2 nitrogen and oxygen atoms in total. The summed E-state index contributed by atoms with van der Waals surface area (Å²) < 4.78 is 0.863. The summed E-state index contributed by atoms with van der Waals surface area (Å²) in [6.45, 7) is 0. The molecule has 1 aromatic heterocycles. The molecule has 1 heterocycles. The third-order valence-electron chi connectivity index (χ3n) is 2.46. The first kappa shape index (κ1) is 13.3. The minimum absolute atomic E-state index is 0.229. The summed E-state index contributed by atoms with van der Waals surface area (Å²) in [4.78, 5) is 12.2. The van der Waals surface area contributed by atoms with Crippen LogP contribution in [0.5, 0.6) is 0 Å². The van der Waals surface area contributed by atoms with Crippen molar-refractivity contribution in [2.75, 3.05) is 0 Å². The summed E-state index contributed by atoms with van der Waals surface area (Å²) in [7, 11) is 0. The molecule has 0 N–H and O–H groups in total. The fourth-order valence-electron chi connectivity index (χ4n) is 1.58. The molecule has 1 aromatic carbocycles. The Bertz CT molecular complexity index is 632. The monoisotopic (exact) mass is 339 g/mol.